The third-order valence-electron chi connectivity index (χ3n) is 5.27. The number of amides is 2. The van der Waals surface area contributed by atoms with Gasteiger partial charge in [-0.2, -0.15) is 0 Å². The van der Waals surface area contributed by atoms with Crippen LogP contribution in [-0.2, 0) is 11.2 Å². The Morgan fingerprint density at radius 3 is 2.73 bits per heavy atom. The zero-order valence-electron chi connectivity index (χ0n) is 14.8. The standard InChI is InChI=1S/C18H23N5O2S/c1-25-15-12-3-4-13(15)10-23(9-12)18(24)21-8-5-14-11-26-17(22-14)16-19-6-2-7-20-16/h2,6-7,11-13,15H,3-5,8-10H2,1H3,(H,21,24)/t12-,13+,15?. The summed E-state index contributed by atoms with van der Waals surface area (Å²) in [6, 6.07) is 1.81. The van der Waals surface area contributed by atoms with Crippen LogP contribution in [0.1, 0.15) is 18.5 Å². The maximum atomic E-state index is 12.5. The van der Waals surface area contributed by atoms with E-state index in [4.69, 9.17) is 4.74 Å². The summed E-state index contributed by atoms with van der Waals surface area (Å²) in [6.07, 6.45) is 6.78. The fraction of sp³-hybridized carbons (Fsp3) is 0.556. The van der Waals surface area contributed by atoms with Crippen molar-refractivity contribution >= 4 is 17.4 Å². The molecule has 1 aliphatic carbocycles. The van der Waals surface area contributed by atoms with E-state index in [1.165, 1.54) is 11.3 Å². The minimum absolute atomic E-state index is 0.0262. The van der Waals surface area contributed by atoms with Gasteiger partial charge in [0.05, 0.1) is 11.8 Å². The van der Waals surface area contributed by atoms with Crippen molar-refractivity contribution in [3.8, 4) is 10.8 Å². The zero-order chi connectivity index (χ0) is 17.9. The van der Waals surface area contributed by atoms with Gasteiger partial charge in [0.25, 0.3) is 0 Å². The zero-order valence-corrected chi connectivity index (χ0v) is 15.6. The van der Waals surface area contributed by atoms with E-state index < -0.39 is 0 Å². The van der Waals surface area contributed by atoms with Crippen LogP contribution in [0.4, 0.5) is 4.79 Å². The highest BCUT2D eigenvalue weighted by molar-refractivity contribution is 7.13. The van der Waals surface area contributed by atoms with E-state index >= 15 is 0 Å². The van der Waals surface area contributed by atoms with Crippen molar-refractivity contribution in [2.75, 3.05) is 26.7 Å². The molecule has 1 N–H and O–H groups in total. The molecule has 1 aliphatic heterocycles. The van der Waals surface area contributed by atoms with Crippen LogP contribution in [0.25, 0.3) is 10.8 Å². The number of ether oxygens (including phenoxy) is 1. The monoisotopic (exact) mass is 373 g/mol. The molecule has 0 spiro atoms. The topological polar surface area (TPSA) is 80.2 Å². The lowest BCUT2D eigenvalue weighted by molar-refractivity contribution is -0.00503. The normalized spacial score (nSPS) is 24.7. The molecule has 7 nitrogen and oxygen atoms in total. The number of methoxy groups -OCH3 is 1. The lowest BCUT2D eigenvalue weighted by Crippen LogP contribution is -2.51. The first-order valence-electron chi connectivity index (χ1n) is 9.02. The Hall–Kier alpha value is -2.06. The molecule has 4 rings (SSSR count). The van der Waals surface area contributed by atoms with Crippen LogP contribution in [0.15, 0.2) is 23.8 Å². The number of rotatable bonds is 5. The Bertz CT molecular complexity index is 739. The number of nitrogens with one attached hydrogen (secondary N) is 1. The van der Waals surface area contributed by atoms with Crippen molar-refractivity contribution < 1.29 is 9.53 Å². The minimum Gasteiger partial charge on any atom is -0.381 e. The highest BCUT2D eigenvalue weighted by Crippen LogP contribution is 2.38. The number of fused-ring (bicyclic) bond motifs is 2. The quantitative estimate of drug-likeness (QED) is 0.869. The lowest BCUT2D eigenvalue weighted by atomic mass is 9.95. The molecule has 2 amide bonds. The van der Waals surface area contributed by atoms with Gasteiger partial charge in [-0.25, -0.2) is 19.7 Å². The van der Waals surface area contributed by atoms with Gasteiger partial charge >= 0.3 is 6.03 Å². The molecular weight excluding hydrogens is 350 g/mol. The van der Waals surface area contributed by atoms with Crippen molar-refractivity contribution in [3.63, 3.8) is 0 Å². The molecule has 26 heavy (non-hydrogen) atoms. The highest BCUT2D eigenvalue weighted by atomic mass is 32.1. The molecule has 138 valence electrons. The Balaban J connectivity index is 1.26. The molecule has 1 unspecified atom stereocenters. The predicted molar refractivity (Wildman–Crippen MR) is 98.8 cm³/mol. The second kappa shape index (κ2) is 7.67. The molecule has 0 radical (unpaired) electrons. The molecule has 8 heteroatoms. The minimum atomic E-state index is 0.0262. The molecule has 2 aromatic rings. The van der Waals surface area contributed by atoms with Crippen molar-refractivity contribution in [3.05, 3.63) is 29.5 Å². The summed E-state index contributed by atoms with van der Waals surface area (Å²) < 4.78 is 5.61. The van der Waals surface area contributed by atoms with Gasteiger partial charge in [0.1, 0.15) is 0 Å². The lowest BCUT2D eigenvalue weighted by Gasteiger charge is -2.37. The maximum Gasteiger partial charge on any atom is 0.317 e. The number of carbonyl (C=O) groups is 1. The van der Waals surface area contributed by atoms with Crippen molar-refractivity contribution in [2.45, 2.75) is 25.4 Å². The molecule has 2 aliphatic rings. The van der Waals surface area contributed by atoms with Gasteiger partial charge in [0, 0.05) is 62.8 Å². The van der Waals surface area contributed by atoms with Gasteiger partial charge in [-0.1, -0.05) is 0 Å². The van der Waals surface area contributed by atoms with Crippen LogP contribution in [0, 0.1) is 11.8 Å². The van der Waals surface area contributed by atoms with E-state index in [9.17, 15) is 4.79 Å². The van der Waals surface area contributed by atoms with E-state index in [-0.39, 0.29) is 6.03 Å². The van der Waals surface area contributed by atoms with Crippen molar-refractivity contribution in [2.24, 2.45) is 11.8 Å². The molecule has 2 aromatic heterocycles. The summed E-state index contributed by atoms with van der Waals surface area (Å²) in [5.74, 6) is 1.61. The van der Waals surface area contributed by atoms with E-state index in [0.717, 1.165) is 36.6 Å². The molecule has 1 saturated heterocycles. The second-order valence-corrected chi connectivity index (χ2v) is 7.76. The van der Waals surface area contributed by atoms with Gasteiger partial charge in [-0.15, -0.1) is 11.3 Å². The van der Waals surface area contributed by atoms with Crippen LogP contribution in [0.2, 0.25) is 0 Å². The Morgan fingerprint density at radius 2 is 2.04 bits per heavy atom. The number of urea groups is 1. The number of aromatic nitrogens is 3. The summed E-state index contributed by atoms with van der Waals surface area (Å²) in [4.78, 5) is 27.4. The van der Waals surface area contributed by atoms with Crippen molar-refractivity contribution in [1.82, 2.24) is 25.2 Å². The molecule has 3 heterocycles. The molecule has 2 bridgehead atoms. The number of hydrogen-bond donors (Lipinski definition) is 1. The summed E-state index contributed by atoms with van der Waals surface area (Å²) in [7, 11) is 1.79. The predicted octanol–water partition coefficient (Wildman–Crippen LogP) is 2.21. The Kier molecular flexibility index (Phi) is 5.12. The molecular formula is C18H23N5O2S. The van der Waals surface area contributed by atoms with Gasteiger partial charge in [0.15, 0.2) is 10.8 Å². The van der Waals surface area contributed by atoms with E-state index in [2.05, 4.69) is 20.3 Å². The first-order chi connectivity index (χ1) is 12.7. The smallest absolute Gasteiger partial charge is 0.317 e. The highest BCUT2D eigenvalue weighted by Gasteiger charge is 2.43. The fourth-order valence-corrected chi connectivity index (χ4v) is 4.87. The summed E-state index contributed by atoms with van der Waals surface area (Å²) >= 11 is 1.53. The number of likely N-dealkylation sites (tertiary alicyclic amines) is 1. The van der Waals surface area contributed by atoms with Crippen LogP contribution >= 0.6 is 11.3 Å². The summed E-state index contributed by atoms with van der Waals surface area (Å²) in [5, 5.41) is 5.84. The van der Waals surface area contributed by atoms with Crippen LogP contribution in [0.3, 0.4) is 0 Å². The van der Waals surface area contributed by atoms with Crippen LogP contribution < -0.4 is 5.32 Å². The average molecular weight is 373 g/mol. The number of thiazole rings is 1. The molecule has 1 saturated carbocycles. The van der Waals surface area contributed by atoms with Crippen molar-refractivity contribution in [1.29, 1.82) is 0 Å². The number of nitrogens with zero attached hydrogens (tertiary/aromatic N) is 4. The first-order valence-corrected chi connectivity index (χ1v) is 9.90. The second-order valence-electron chi connectivity index (χ2n) is 6.90. The largest absolute Gasteiger partial charge is 0.381 e. The molecule has 3 atom stereocenters. The van der Waals surface area contributed by atoms with E-state index in [1.54, 1.807) is 25.6 Å². The summed E-state index contributed by atoms with van der Waals surface area (Å²) in [5.41, 5.74) is 0.955. The maximum absolute atomic E-state index is 12.5. The van der Waals surface area contributed by atoms with E-state index in [1.807, 2.05) is 10.3 Å². The molecule has 0 aromatic carbocycles. The fourth-order valence-electron chi connectivity index (χ4n) is 4.07. The van der Waals surface area contributed by atoms with Gasteiger partial charge in [-0.3, -0.25) is 0 Å². The summed E-state index contributed by atoms with van der Waals surface area (Å²) in [6.45, 7) is 2.18. The van der Waals surface area contributed by atoms with Gasteiger partial charge < -0.3 is 15.0 Å². The number of piperidine rings is 1. The molecule has 2 fully saturated rings. The SMILES string of the molecule is COC1[C@@H]2CC[C@H]1CN(C(=O)NCCc1csc(-c3ncccn3)n1)C2. The first kappa shape index (κ1) is 17.4. The van der Waals surface area contributed by atoms with Crippen LogP contribution in [0.5, 0.6) is 0 Å². The third-order valence-corrected chi connectivity index (χ3v) is 6.16. The van der Waals surface area contributed by atoms with Gasteiger partial charge in [0.2, 0.25) is 0 Å². The third kappa shape index (κ3) is 3.57. The van der Waals surface area contributed by atoms with Crippen LogP contribution in [-0.4, -0.2) is 58.7 Å². The number of carbonyl (C=O) groups excluding carboxylic acids is 1. The van der Waals surface area contributed by atoms with E-state index in [0.29, 0.717) is 36.7 Å². The number of hydrogen-bond acceptors (Lipinski definition) is 6. The van der Waals surface area contributed by atoms with Gasteiger partial charge in [-0.05, 0) is 18.9 Å². The Morgan fingerprint density at radius 1 is 1.31 bits per heavy atom. The average Bonchev–Trinajstić information content (AvgIpc) is 3.24. The Labute approximate surface area is 156 Å².